The SMILES string of the molecule is O=C(NC(=S)Nc1cc(Cl)ccc1N1CCOCC1)c1ccc(-c2ccccc2)cc1. The Morgan fingerprint density at radius 1 is 0.935 bits per heavy atom. The lowest BCUT2D eigenvalue weighted by Crippen LogP contribution is -2.38. The minimum atomic E-state index is -0.271. The summed E-state index contributed by atoms with van der Waals surface area (Å²) >= 11 is 11.6. The number of nitrogens with one attached hydrogen (secondary N) is 2. The first kappa shape index (κ1) is 21.3. The molecule has 1 fully saturated rings. The molecule has 1 aliphatic heterocycles. The third-order valence-electron chi connectivity index (χ3n) is 5.04. The Bertz CT molecular complexity index is 1070. The van der Waals surface area contributed by atoms with E-state index in [2.05, 4.69) is 15.5 Å². The van der Waals surface area contributed by atoms with E-state index in [1.165, 1.54) is 0 Å². The number of anilines is 2. The van der Waals surface area contributed by atoms with E-state index >= 15 is 0 Å². The van der Waals surface area contributed by atoms with Gasteiger partial charge in [-0.2, -0.15) is 0 Å². The summed E-state index contributed by atoms with van der Waals surface area (Å²) in [5.74, 6) is -0.271. The maximum absolute atomic E-state index is 12.7. The number of nitrogens with zero attached hydrogens (tertiary/aromatic N) is 1. The van der Waals surface area contributed by atoms with Gasteiger partial charge in [0.1, 0.15) is 0 Å². The van der Waals surface area contributed by atoms with Crippen LogP contribution in [0.25, 0.3) is 11.1 Å². The highest BCUT2D eigenvalue weighted by atomic mass is 35.5. The van der Waals surface area contributed by atoms with E-state index in [9.17, 15) is 4.79 Å². The molecule has 0 bridgehead atoms. The van der Waals surface area contributed by atoms with Gasteiger partial charge in [-0.1, -0.05) is 54.1 Å². The molecule has 1 aliphatic rings. The molecule has 0 atom stereocenters. The zero-order valence-corrected chi connectivity index (χ0v) is 18.4. The van der Waals surface area contributed by atoms with Gasteiger partial charge in [0.25, 0.3) is 5.91 Å². The van der Waals surface area contributed by atoms with Crippen LogP contribution in [0.1, 0.15) is 10.4 Å². The van der Waals surface area contributed by atoms with Gasteiger partial charge in [0, 0.05) is 23.7 Å². The molecule has 3 aromatic rings. The summed E-state index contributed by atoms with van der Waals surface area (Å²) in [7, 11) is 0. The Morgan fingerprint density at radius 2 is 1.61 bits per heavy atom. The van der Waals surface area contributed by atoms with Crippen molar-refractivity contribution in [3.05, 3.63) is 83.4 Å². The van der Waals surface area contributed by atoms with E-state index in [4.69, 9.17) is 28.6 Å². The fourth-order valence-corrected chi connectivity index (χ4v) is 3.84. The van der Waals surface area contributed by atoms with E-state index < -0.39 is 0 Å². The van der Waals surface area contributed by atoms with Crippen LogP contribution >= 0.6 is 23.8 Å². The molecule has 31 heavy (non-hydrogen) atoms. The predicted octanol–water partition coefficient (Wildman–Crippen LogP) is 4.97. The molecule has 4 rings (SSSR count). The first-order valence-electron chi connectivity index (χ1n) is 10.0. The second-order valence-corrected chi connectivity index (χ2v) is 7.96. The second kappa shape index (κ2) is 9.92. The zero-order valence-electron chi connectivity index (χ0n) is 16.8. The molecule has 7 heteroatoms. The lowest BCUT2D eigenvalue weighted by molar-refractivity contribution is 0.0977. The molecule has 0 radical (unpaired) electrons. The fraction of sp³-hybridized carbons (Fsp3) is 0.167. The number of morpholine rings is 1. The van der Waals surface area contributed by atoms with Crippen molar-refractivity contribution in [2.75, 3.05) is 36.5 Å². The number of benzene rings is 3. The molecule has 1 saturated heterocycles. The molecule has 2 N–H and O–H groups in total. The van der Waals surface area contributed by atoms with E-state index in [0.29, 0.717) is 23.8 Å². The molecule has 0 aromatic heterocycles. The van der Waals surface area contributed by atoms with E-state index in [1.807, 2.05) is 54.6 Å². The molecular weight excluding hydrogens is 430 g/mol. The summed E-state index contributed by atoms with van der Waals surface area (Å²) in [6.07, 6.45) is 0. The summed E-state index contributed by atoms with van der Waals surface area (Å²) in [5.41, 5.74) is 4.40. The number of thiocarbonyl (C=S) groups is 1. The Kier molecular flexibility index (Phi) is 6.82. The number of amides is 1. The molecular formula is C24H22ClN3O2S. The van der Waals surface area contributed by atoms with Crippen molar-refractivity contribution in [3.63, 3.8) is 0 Å². The largest absolute Gasteiger partial charge is 0.378 e. The maximum atomic E-state index is 12.7. The van der Waals surface area contributed by atoms with Crippen LogP contribution in [0.5, 0.6) is 0 Å². The lowest BCUT2D eigenvalue weighted by Gasteiger charge is -2.30. The maximum Gasteiger partial charge on any atom is 0.257 e. The number of ether oxygens (including phenoxy) is 1. The van der Waals surface area contributed by atoms with E-state index in [1.54, 1.807) is 18.2 Å². The molecule has 0 saturated carbocycles. The number of rotatable bonds is 4. The molecule has 1 amide bonds. The minimum absolute atomic E-state index is 0.217. The summed E-state index contributed by atoms with van der Waals surface area (Å²) in [6, 6.07) is 23.0. The smallest absolute Gasteiger partial charge is 0.257 e. The molecule has 0 aliphatic carbocycles. The lowest BCUT2D eigenvalue weighted by atomic mass is 10.0. The number of hydrogen-bond donors (Lipinski definition) is 2. The highest BCUT2D eigenvalue weighted by Gasteiger charge is 2.17. The van der Waals surface area contributed by atoms with Crippen molar-refractivity contribution in [1.29, 1.82) is 0 Å². The minimum Gasteiger partial charge on any atom is -0.378 e. The highest BCUT2D eigenvalue weighted by Crippen LogP contribution is 2.30. The highest BCUT2D eigenvalue weighted by molar-refractivity contribution is 7.80. The fourth-order valence-electron chi connectivity index (χ4n) is 3.46. The van der Waals surface area contributed by atoms with Crippen molar-refractivity contribution >= 4 is 46.2 Å². The van der Waals surface area contributed by atoms with E-state index in [-0.39, 0.29) is 11.0 Å². The molecule has 3 aromatic carbocycles. The average molecular weight is 452 g/mol. The van der Waals surface area contributed by atoms with Crippen LogP contribution in [0.2, 0.25) is 5.02 Å². The van der Waals surface area contributed by atoms with Gasteiger partial charge in [-0.15, -0.1) is 0 Å². The molecule has 158 valence electrons. The predicted molar refractivity (Wildman–Crippen MR) is 130 cm³/mol. The zero-order chi connectivity index (χ0) is 21.6. The number of carbonyl (C=O) groups excluding carboxylic acids is 1. The quantitative estimate of drug-likeness (QED) is 0.548. The molecule has 0 spiro atoms. The van der Waals surface area contributed by atoms with Crippen molar-refractivity contribution in [1.82, 2.24) is 5.32 Å². The number of hydrogen-bond acceptors (Lipinski definition) is 4. The van der Waals surface area contributed by atoms with Crippen LogP contribution in [-0.4, -0.2) is 37.3 Å². The van der Waals surface area contributed by atoms with Gasteiger partial charge in [-0.3, -0.25) is 10.1 Å². The van der Waals surface area contributed by atoms with Crippen molar-refractivity contribution in [2.45, 2.75) is 0 Å². The Morgan fingerprint density at radius 3 is 2.32 bits per heavy atom. The van der Waals surface area contributed by atoms with Crippen molar-refractivity contribution in [3.8, 4) is 11.1 Å². The monoisotopic (exact) mass is 451 g/mol. The topological polar surface area (TPSA) is 53.6 Å². The van der Waals surface area contributed by atoms with Gasteiger partial charge in [0.2, 0.25) is 0 Å². The number of halogens is 1. The Hall–Kier alpha value is -2.93. The van der Waals surface area contributed by atoms with Crippen LogP contribution < -0.4 is 15.5 Å². The third-order valence-corrected chi connectivity index (χ3v) is 5.48. The second-order valence-electron chi connectivity index (χ2n) is 7.11. The Balaban J connectivity index is 1.43. The summed E-state index contributed by atoms with van der Waals surface area (Å²) in [6.45, 7) is 2.90. The Labute approximate surface area is 192 Å². The first-order valence-corrected chi connectivity index (χ1v) is 10.8. The van der Waals surface area contributed by atoms with Gasteiger partial charge in [0.05, 0.1) is 24.6 Å². The molecule has 1 heterocycles. The standard InChI is InChI=1S/C24H22ClN3O2S/c25-20-10-11-22(28-12-14-30-15-13-28)21(16-20)26-24(31)27-23(29)19-8-6-18(7-9-19)17-4-2-1-3-5-17/h1-11,16H,12-15H2,(H2,26,27,29,31). The summed E-state index contributed by atoms with van der Waals surface area (Å²) in [4.78, 5) is 14.9. The van der Waals surface area contributed by atoms with Crippen LogP contribution in [0, 0.1) is 0 Å². The van der Waals surface area contributed by atoms with Crippen molar-refractivity contribution in [2.24, 2.45) is 0 Å². The molecule has 0 unspecified atom stereocenters. The van der Waals surface area contributed by atoms with Gasteiger partial charge in [-0.25, -0.2) is 0 Å². The van der Waals surface area contributed by atoms with Gasteiger partial charge >= 0.3 is 0 Å². The summed E-state index contributed by atoms with van der Waals surface area (Å²) < 4.78 is 5.43. The van der Waals surface area contributed by atoms with Gasteiger partial charge in [0.15, 0.2) is 5.11 Å². The van der Waals surface area contributed by atoms with Gasteiger partial charge in [-0.05, 0) is 53.7 Å². The van der Waals surface area contributed by atoms with E-state index in [0.717, 1.165) is 35.6 Å². The summed E-state index contributed by atoms with van der Waals surface area (Å²) in [5, 5.41) is 6.67. The van der Waals surface area contributed by atoms with Gasteiger partial charge < -0.3 is 15.0 Å². The first-order chi connectivity index (χ1) is 15.1. The van der Waals surface area contributed by atoms with Crippen LogP contribution in [0.3, 0.4) is 0 Å². The van der Waals surface area contributed by atoms with Crippen molar-refractivity contribution < 1.29 is 9.53 Å². The van der Waals surface area contributed by atoms with Crippen LogP contribution in [0.4, 0.5) is 11.4 Å². The third kappa shape index (κ3) is 5.41. The number of carbonyl (C=O) groups is 1. The normalized spacial score (nSPS) is 13.5. The van der Waals surface area contributed by atoms with Crippen LogP contribution in [0.15, 0.2) is 72.8 Å². The van der Waals surface area contributed by atoms with Crippen LogP contribution in [-0.2, 0) is 4.74 Å². The molecule has 5 nitrogen and oxygen atoms in total. The average Bonchev–Trinajstić information content (AvgIpc) is 2.80.